The van der Waals surface area contributed by atoms with Gasteiger partial charge in [-0.3, -0.25) is 0 Å². The van der Waals surface area contributed by atoms with Gasteiger partial charge in [0.05, 0.1) is 6.61 Å². The minimum atomic E-state index is 0.275. The predicted octanol–water partition coefficient (Wildman–Crippen LogP) is 3.35. The molecule has 0 radical (unpaired) electrons. The third kappa shape index (κ3) is 2.95. The Bertz CT molecular complexity index is 340. The summed E-state index contributed by atoms with van der Waals surface area (Å²) in [7, 11) is 0. The van der Waals surface area contributed by atoms with E-state index in [1.54, 1.807) is 6.07 Å². The molecule has 0 N–H and O–H groups in total. The van der Waals surface area contributed by atoms with Crippen LogP contribution in [0.25, 0.3) is 0 Å². The first-order valence-corrected chi connectivity index (χ1v) is 5.83. The Hall–Kier alpha value is -0.540. The van der Waals surface area contributed by atoms with Gasteiger partial charge in [-0.1, -0.05) is 36.0 Å². The van der Waals surface area contributed by atoms with Crippen LogP contribution in [0.3, 0.4) is 0 Å². The zero-order valence-corrected chi connectivity index (χ0v) is 9.76. The summed E-state index contributed by atoms with van der Waals surface area (Å²) in [6.07, 6.45) is 5.09. The molecule has 0 aliphatic heterocycles. The van der Waals surface area contributed by atoms with Crippen LogP contribution < -0.4 is 4.74 Å². The van der Waals surface area contributed by atoms with Crippen molar-refractivity contribution < 1.29 is 4.74 Å². The third-order valence-electron chi connectivity index (χ3n) is 2.64. The molecule has 0 atom stereocenters. The zero-order chi connectivity index (χ0) is 10.7. The van der Waals surface area contributed by atoms with Crippen molar-refractivity contribution >= 4 is 23.2 Å². The summed E-state index contributed by atoms with van der Waals surface area (Å²) < 4.78 is 5.58. The highest BCUT2D eigenvalue weighted by atomic mass is 35.5. The molecule has 0 aromatic carbocycles. The Morgan fingerprint density at radius 2 is 2.00 bits per heavy atom. The monoisotopic (exact) mass is 246 g/mol. The molecule has 0 amide bonds. The van der Waals surface area contributed by atoms with Gasteiger partial charge in [-0.25, -0.2) is 0 Å². The molecule has 1 fully saturated rings. The largest absolute Gasteiger partial charge is 0.490 e. The van der Waals surface area contributed by atoms with E-state index in [1.807, 2.05) is 0 Å². The van der Waals surface area contributed by atoms with E-state index in [1.165, 1.54) is 25.7 Å². The first kappa shape index (κ1) is 11.0. The number of rotatable bonds is 3. The molecule has 1 aromatic rings. The van der Waals surface area contributed by atoms with Gasteiger partial charge in [0.25, 0.3) is 0 Å². The van der Waals surface area contributed by atoms with Crippen molar-refractivity contribution in [2.24, 2.45) is 5.92 Å². The molecule has 2 rings (SSSR count). The first-order valence-electron chi connectivity index (χ1n) is 5.07. The smallest absolute Gasteiger partial charge is 0.193 e. The topological polar surface area (TPSA) is 35.0 Å². The van der Waals surface area contributed by atoms with Gasteiger partial charge >= 0.3 is 0 Å². The van der Waals surface area contributed by atoms with Crippen LogP contribution in [0.5, 0.6) is 5.75 Å². The number of aromatic nitrogens is 2. The highest BCUT2D eigenvalue weighted by Crippen LogP contribution is 2.28. The average Bonchev–Trinajstić information content (AvgIpc) is 2.72. The SMILES string of the molecule is Clc1cc(OCC2CCCC2)c(Cl)nn1. The molecule has 1 aromatic heterocycles. The summed E-state index contributed by atoms with van der Waals surface area (Å²) in [5.41, 5.74) is 0. The molecule has 1 saturated carbocycles. The summed E-state index contributed by atoms with van der Waals surface area (Å²) in [5.74, 6) is 1.18. The quantitative estimate of drug-likeness (QED) is 0.821. The number of hydrogen-bond donors (Lipinski definition) is 0. The first-order chi connectivity index (χ1) is 7.25. The van der Waals surface area contributed by atoms with Crippen LogP contribution in [0.2, 0.25) is 10.3 Å². The van der Waals surface area contributed by atoms with Crippen molar-refractivity contribution in [3.05, 3.63) is 16.4 Å². The molecule has 5 heteroatoms. The van der Waals surface area contributed by atoms with Gasteiger partial charge in [-0.05, 0) is 18.8 Å². The third-order valence-corrected chi connectivity index (χ3v) is 3.08. The molecule has 0 spiro atoms. The zero-order valence-electron chi connectivity index (χ0n) is 8.25. The number of hydrogen-bond acceptors (Lipinski definition) is 3. The van der Waals surface area contributed by atoms with Crippen molar-refractivity contribution in [3.8, 4) is 5.75 Å². The van der Waals surface area contributed by atoms with Crippen molar-refractivity contribution in [2.75, 3.05) is 6.61 Å². The minimum absolute atomic E-state index is 0.275. The number of halogens is 2. The lowest BCUT2D eigenvalue weighted by atomic mass is 10.1. The summed E-state index contributed by atoms with van der Waals surface area (Å²) in [5, 5.41) is 7.89. The van der Waals surface area contributed by atoms with Crippen LogP contribution in [0, 0.1) is 5.92 Å². The van der Waals surface area contributed by atoms with Crippen LogP contribution in [-0.2, 0) is 0 Å². The summed E-state index contributed by atoms with van der Waals surface area (Å²) in [6.45, 7) is 0.696. The fourth-order valence-electron chi connectivity index (χ4n) is 1.82. The van der Waals surface area contributed by atoms with Gasteiger partial charge < -0.3 is 4.74 Å². The summed E-state index contributed by atoms with van der Waals surface area (Å²) in [6, 6.07) is 1.60. The lowest BCUT2D eigenvalue weighted by Gasteiger charge is -2.11. The van der Waals surface area contributed by atoms with Gasteiger partial charge in [0.15, 0.2) is 16.1 Å². The van der Waals surface area contributed by atoms with E-state index < -0.39 is 0 Å². The van der Waals surface area contributed by atoms with Gasteiger partial charge in [-0.2, -0.15) is 0 Å². The molecule has 82 valence electrons. The van der Waals surface area contributed by atoms with Crippen LogP contribution in [0.4, 0.5) is 0 Å². The molecule has 3 nitrogen and oxygen atoms in total. The van der Waals surface area contributed by atoms with E-state index in [-0.39, 0.29) is 5.15 Å². The summed E-state index contributed by atoms with van der Waals surface area (Å²) >= 11 is 11.5. The van der Waals surface area contributed by atoms with E-state index in [9.17, 15) is 0 Å². The molecular weight excluding hydrogens is 235 g/mol. The van der Waals surface area contributed by atoms with Crippen LogP contribution in [-0.4, -0.2) is 16.8 Å². The van der Waals surface area contributed by atoms with Crippen molar-refractivity contribution in [1.82, 2.24) is 10.2 Å². The van der Waals surface area contributed by atoms with Gasteiger partial charge in [-0.15, -0.1) is 10.2 Å². The van der Waals surface area contributed by atoms with Gasteiger partial charge in [0.1, 0.15) is 0 Å². The second kappa shape index (κ2) is 4.99. The lowest BCUT2D eigenvalue weighted by Crippen LogP contribution is -2.08. The Labute approximate surface area is 98.7 Å². The molecule has 1 aliphatic rings. The van der Waals surface area contributed by atoms with E-state index in [0.717, 1.165) is 0 Å². The lowest BCUT2D eigenvalue weighted by molar-refractivity contribution is 0.251. The fourth-order valence-corrected chi connectivity index (χ4v) is 2.11. The van der Waals surface area contributed by atoms with Crippen LogP contribution in [0.15, 0.2) is 6.07 Å². The van der Waals surface area contributed by atoms with E-state index in [0.29, 0.717) is 23.4 Å². The molecule has 1 heterocycles. The number of ether oxygens (including phenoxy) is 1. The standard InChI is InChI=1S/C10H12Cl2N2O/c11-9-5-8(10(12)14-13-9)15-6-7-3-1-2-4-7/h5,7H,1-4,6H2. The Balaban J connectivity index is 1.94. The fraction of sp³-hybridized carbons (Fsp3) is 0.600. The Morgan fingerprint density at radius 1 is 1.27 bits per heavy atom. The van der Waals surface area contributed by atoms with Crippen molar-refractivity contribution in [2.45, 2.75) is 25.7 Å². The maximum Gasteiger partial charge on any atom is 0.193 e. The second-order valence-corrected chi connectivity index (χ2v) is 4.53. The molecule has 15 heavy (non-hydrogen) atoms. The Kier molecular flexibility index (Phi) is 3.65. The van der Waals surface area contributed by atoms with E-state index >= 15 is 0 Å². The van der Waals surface area contributed by atoms with Crippen LogP contribution >= 0.6 is 23.2 Å². The minimum Gasteiger partial charge on any atom is -0.490 e. The van der Waals surface area contributed by atoms with Gasteiger partial charge in [0, 0.05) is 6.07 Å². The average molecular weight is 247 g/mol. The van der Waals surface area contributed by atoms with Gasteiger partial charge in [0.2, 0.25) is 0 Å². The highest BCUT2D eigenvalue weighted by Gasteiger charge is 2.16. The number of nitrogens with zero attached hydrogens (tertiary/aromatic N) is 2. The van der Waals surface area contributed by atoms with E-state index in [2.05, 4.69) is 10.2 Å². The second-order valence-electron chi connectivity index (χ2n) is 3.78. The highest BCUT2D eigenvalue weighted by molar-refractivity contribution is 6.32. The maximum atomic E-state index is 5.82. The molecule has 0 bridgehead atoms. The molecule has 0 unspecified atom stereocenters. The molecular formula is C10H12Cl2N2O. The maximum absolute atomic E-state index is 5.82. The molecule has 1 aliphatic carbocycles. The van der Waals surface area contributed by atoms with Crippen molar-refractivity contribution in [3.63, 3.8) is 0 Å². The summed E-state index contributed by atoms with van der Waals surface area (Å²) in [4.78, 5) is 0. The van der Waals surface area contributed by atoms with Crippen molar-refractivity contribution in [1.29, 1.82) is 0 Å². The normalized spacial score (nSPS) is 16.9. The molecule has 0 saturated heterocycles. The van der Waals surface area contributed by atoms with E-state index in [4.69, 9.17) is 27.9 Å². The van der Waals surface area contributed by atoms with Crippen LogP contribution in [0.1, 0.15) is 25.7 Å². The Morgan fingerprint density at radius 3 is 2.73 bits per heavy atom. The predicted molar refractivity (Wildman–Crippen MR) is 59.5 cm³/mol.